The SMILES string of the molecule is CCNC(=O)COc1ccc(/C=C/C(=O)c2ccc3c(c2)NC(=O)CO3)cc1OC. The van der Waals surface area contributed by atoms with Gasteiger partial charge in [-0.25, -0.2) is 0 Å². The highest BCUT2D eigenvalue weighted by molar-refractivity contribution is 6.08. The molecule has 1 aliphatic heterocycles. The Morgan fingerprint density at radius 2 is 2.03 bits per heavy atom. The van der Waals surface area contributed by atoms with Crippen molar-refractivity contribution < 1.29 is 28.6 Å². The van der Waals surface area contributed by atoms with Gasteiger partial charge in [0.25, 0.3) is 11.8 Å². The molecule has 2 aromatic carbocycles. The average molecular weight is 410 g/mol. The Balaban J connectivity index is 1.69. The van der Waals surface area contributed by atoms with Gasteiger partial charge in [0, 0.05) is 12.1 Å². The van der Waals surface area contributed by atoms with Gasteiger partial charge in [0.05, 0.1) is 12.8 Å². The predicted molar refractivity (Wildman–Crippen MR) is 111 cm³/mol. The van der Waals surface area contributed by atoms with Gasteiger partial charge in [0.2, 0.25) is 0 Å². The Kier molecular flexibility index (Phi) is 6.69. The zero-order valence-corrected chi connectivity index (χ0v) is 16.7. The summed E-state index contributed by atoms with van der Waals surface area (Å²) in [7, 11) is 1.50. The van der Waals surface area contributed by atoms with Crippen LogP contribution in [0.4, 0.5) is 5.69 Å². The van der Waals surface area contributed by atoms with E-state index in [1.165, 1.54) is 13.2 Å². The van der Waals surface area contributed by atoms with Crippen LogP contribution in [-0.4, -0.2) is 44.5 Å². The molecule has 0 atom stereocenters. The van der Waals surface area contributed by atoms with E-state index in [0.29, 0.717) is 35.0 Å². The minimum Gasteiger partial charge on any atom is -0.493 e. The number of ketones is 1. The Labute approximate surface area is 173 Å². The monoisotopic (exact) mass is 410 g/mol. The molecule has 2 N–H and O–H groups in total. The molecule has 156 valence electrons. The van der Waals surface area contributed by atoms with Crippen molar-refractivity contribution in [3.8, 4) is 17.2 Å². The highest BCUT2D eigenvalue weighted by Gasteiger charge is 2.17. The van der Waals surface area contributed by atoms with Crippen molar-refractivity contribution in [3.05, 3.63) is 53.6 Å². The normalized spacial score (nSPS) is 12.5. The first kappa shape index (κ1) is 20.9. The van der Waals surface area contributed by atoms with Crippen LogP contribution in [0.5, 0.6) is 17.2 Å². The van der Waals surface area contributed by atoms with Crippen molar-refractivity contribution in [2.45, 2.75) is 6.92 Å². The number of ether oxygens (including phenoxy) is 3. The molecule has 0 saturated carbocycles. The lowest BCUT2D eigenvalue weighted by Crippen LogP contribution is -2.28. The van der Waals surface area contributed by atoms with Crippen LogP contribution < -0.4 is 24.8 Å². The van der Waals surface area contributed by atoms with Gasteiger partial charge in [-0.3, -0.25) is 14.4 Å². The van der Waals surface area contributed by atoms with Crippen LogP contribution in [0.3, 0.4) is 0 Å². The fourth-order valence-electron chi connectivity index (χ4n) is 2.80. The number of anilines is 1. The van der Waals surface area contributed by atoms with Crippen molar-refractivity contribution in [1.29, 1.82) is 0 Å². The number of hydrogen-bond acceptors (Lipinski definition) is 6. The predicted octanol–water partition coefficient (Wildman–Crippen LogP) is 2.44. The second kappa shape index (κ2) is 9.60. The van der Waals surface area contributed by atoms with Crippen LogP contribution in [0.2, 0.25) is 0 Å². The number of carbonyl (C=O) groups is 3. The Bertz CT molecular complexity index is 999. The number of amides is 2. The number of hydrogen-bond donors (Lipinski definition) is 2. The number of rotatable bonds is 8. The van der Waals surface area contributed by atoms with Crippen LogP contribution in [0.15, 0.2) is 42.5 Å². The fourth-order valence-corrected chi connectivity index (χ4v) is 2.80. The van der Waals surface area contributed by atoms with E-state index in [9.17, 15) is 14.4 Å². The summed E-state index contributed by atoms with van der Waals surface area (Å²) >= 11 is 0. The number of allylic oxidation sites excluding steroid dienone is 1. The molecule has 1 heterocycles. The molecule has 8 heteroatoms. The topological polar surface area (TPSA) is 103 Å². The standard InChI is InChI=1S/C22H22N2O6/c1-3-23-21(26)12-30-19-8-5-14(10-20(19)28-2)4-7-17(25)15-6-9-18-16(11-15)24-22(27)13-29-18/h4-11H,3,12-13H2,1-2H3,(H,23,26)(H,24,27)/b7-4+. The van der Waals surface area contributed by atoms with Crippen molar-refractivity contribution in [2.75, 3.05) is 32.2 Å². The van der Waals surface area contributed by atoms with E-state index in [1.807, 2.05) is 6.92 Å². The molecule has 0 bridgehead atoms. The second-order valence-electron chi connectivity index (χ2n) is 6.40. The summed E-state index contributed by atoms with van der Waals surface area (Å²) < 4.78 is 16.1. The van der Waals surface area contributed by atoms with E-state index >= 15 is 0 Å². The molecule has 8 nitrogen and oxygen atoms in total. The zero-order valence-electron chi connectivity index (χ0n) is 16.7. The van der Waals surface area contributed by atoms with E-state index in [-0.39, 0.29) is 30.8 Å². The summed E-state index contributed by atoms with van der Waals surface area (Å²) in [6, 6.07) is 10.0. The zero-order chi connectivity index (χ0) is 21.5. The number of benzene rings is 2. The number of fused-ring (bicyclic) bond motifs is 1. The Morgan fingerprint density at radius 3 is 2.80 bits per heavy atom. The highest BCUT2D eigenvalue weighted by atomic mass is 16.5. The van der Waals surface area contributed by atoms with Gasteiger partial charge in [-0.1, -0.05) is 12.1 Å². The van der Waals surface area contributed by atoms with Crippen LogP contribution in [0.25, 0.3) is 6.08 Å². The number of carbonyl (C=O) groups excluding carboxylic acids is 3. The first-order valence-corrected chi connectivity index (χ1v) is 9.36. The van der Waals surface area contributed by atoms with Crippen molar-refractivity contribution in [3.63, 3.8) is 0 Å². The molecule has 0 unspecified atom stereocenters. The molecule has 0 radical (unpaired) electrons. The van der Waals surface area contributed by atoms with Crippen molar-refractivity contribution >= 4 is 29.4 Å². The minimum absolute atomic E-state index is 0.0367. The van der Waals surface area contributed by atoms with E-state index in [0.717, 1.165) is 5.56 Å². The van der Waals surface area contributed by atoms with Gasteiger partial charge < -0.3 is 24.8 Å². The van der Waals surface area contributed by atoms with Gasteiger partial charge in [-0.2, -0.15) is 0 Å². The fraction of sp³-hybridized carbons (Fsp3) is 0.227. The number of likely N-dealkylation sites (N-methyl/N-ethyl adjacent to an activating group) is 1. The molecule has 0 spiro atoms. The molecule has 3 rings (SSSR count). The summed E-state index contributed by atoms with van der Waals surface area (Å²) in [5.41, 5.74) is 1.62. The summed E-state index contributed by atoms with van der Waals surface area (Å²) in [4.78, 5) is 35.5. The maximum absolute atomic E-state index is 12.5. The average Bonchev–Trinajstić information content (AvgIpc) is 2.75. The van der Waals surface area contributed by atoms with Crippen LogP contribution >= 0.6 is 0 Å². The number of nitrogens with one attached hydrogen (secondary N) is 2. The maximum Gasteiger partial charge on any atom is 0.262 e. The van der Waals surface area contributed by atoms with Crippen LogP contribution in [-0.2, 0) is 9.59 Å². The Morgan fingerprint density at radius 1 is 1.20 bits per heavy atom. The van der Waals surface area contributed by atoms with Gasteiger partial charge >= 0.3 is 0 Å². The summed E-state index contributed by atoms with van der Waals surface area (Å²) in [5.74, 6) is 0.696. The largest absolute Gasteiger partial charge is 0.493 e. The maximum atomic E-state index is 12.5. The lowest BCUT2D eigenvalue weighted by Gasteiger charge is -2.17. The van der Waals surface area contributed by atoms with Crippen LogP contribution in [0.1, 0.15) is 22.8 Å². The van der Waals surface area contributed by atoms with E-state index in [2.05, 4.69) is 10.6 Å². The first-order chi connectivity index (χ1) is 14.5. The third kappa shape index (κ3) is 5.16. The van der Waals surface area contributed by atoms with Gasteiger partial charge in [-0.05, 0) is 48.9 Å². The summed E-state index contributed by atoms with van der Waals surface area (Å²) in [6.07, 6.45) is 3.07. The molecule has 0 aromatic heterocycles. The van der Waals surface area contributed by atoms with Gasteiger partial charge in [-0.15, -0.1) is 0 Å². The highest BCUT2D eigenvalue weighted by Crippen LogP contribution is 2.30. The van der Waals surface area contributed by atoms with Crippen LogP contribution in [0, 0.1) is 0 Å². The summed E-state index contributed by atoms with van der Waals surface area (Å²) in [5, 5.41) is 5.33. The number of methoxy groups -OCH3 is 1. The van der Waals surface area contributed by atoms with Gasteiger partial charge in [0.15, 0.2) is 30.5 Å². The Hall–Kier alpha value is -3.81. The van der Waals surface area contributed by atoms with E-state index in [4.69, 9.17) is 14.2 Å². The molecular weight excluding hydrogens is 388 g/mol. The van der Waals surface area contributed by atoms with Crippen molar-refractivity contribution in [2.24, 2.45) is 0 Å². The smallest absolute Gasteiger partial charge is 0.262 e. The molecule has 1 aliphatic rings. The lowest BCUT2D eigenvalue weighted by molar-refractivity contribution is -0.123. The molecule has 2 aromatic rings. The minimum atomic E-state index is -0.260. The lowest BCUT2D eigenvalue weighted by atomic mass is 10.1. The molecule has 0 fully saturated rings. The molecule has 0 saturated heterocycles. The van der Waals surface area contributed by atoms with E-state index in [1.54, 1.807) is 42.5 Å². The first-order valence-electron chi connectivity index (χ1n) is 9.36. The van der Waals surface area contributed by atoms with Gasteiger partial charge in [0.1, 0.15) is 5.75 Å². The molecule has 30 heavy (non-hydrogen) atoms. The van der Waals surface area contributed by atoms with Crippen molar-refractivity contribution in [1.82, 2.24) is 5.32 Å². The summed E-state index contributed by atoms with van der Waals surface area (Å²) in [6.45, 7) is 2.21. The third-order valence-corrected chi connectivity index (χ3v) is 4.24. The second-order valence-corrected chi connectivity index (χ2v) is 6.40. The van der Waals surface area contributed by atoms with E-state index < -0.39 is 0 Å². The molecular formula is C22H22N2O6. The molecule has 2 amide bonds. The third-order valence-electron chi connectivity index (χ3n) is 4.24. The quantitative estimate of drug-likeness (QED) is 0.512. The molecule has 0 aliphatic carbocycles.